The first kappa shape index (κ1) is 11.0. The highest BCUT2D eigenvalue weighted by atomic mass is 16.3. The average Bonchev–Trinajstić information content (AvgIpc) is 2.98. The second-order valence-corrected chi connectivity index (χ2v) is 4.51. The maximum absolute atomic E-state index is 12.0. The highest BCUT2D eigenvalue weighted by Gasteiger charge is 2.32. The van der Waals surface area contributed by atoms with Crippen LogP contribution in [-0.2, 0) is 6.42 Å². The fourth-order valence-electron chi connectivity index (χ4n) is 2.44. The van der Waals surface area contributed by atoms with Gasteiger partial charge in [0.25, 0.3) is 5.91 Å². The molecule has 4 heteroatoms. The van der Waals surface area contributed by atoms with Crippen LogP contribution >= 0.6 is 0 Å². The van der Waals surface area contributed by atoms with Crippen LogP contribution in [0.5, 0.6) is 0 Å². The normalized spacial score (nSPS) is 21.6. The summed E-state index contributed by atoms with van der Waals surface area (Å²) in [6.07, 6.45) is 1.74. The number of aliphatic hydroxyl groups is 1. The van der Waals surface area contributed by atoms with Gasteiger partial charge in [0.05, 0.1) is 12.1 Å². The number of benzene rings is 1. The molecule has 1 aromatic heterocycles. The van der Waals surface area contributed by atoms with Gasteiger partial charge in [-0.3, -0.25) is 4.79 Å². The SMILES string of the molecule is O=C(N[C@H]1c2ccccc2C[C@H]1O)c1ccc[nH]1. The van der Waals surface area contributed by atoms with Crippen LogP contribution in [0, 0.1) is 0 Å². The van der Waals surface area contributed by atoms with E-state index in [0.717, 1.165) is 11.1 Å². The van der Waals surface area contributed by atoms with Crippen LogP contribution in [0.1, 0.15) is 27.7 Å². The van der Waals surface area contributed by atoms with Crippen LogP contribution in [0.15, 0.2) is 42.6 Å². The highest BCUT2D eigenvalue weighted by molar-refractivity contribution is 5.92. The topological polar surface area (TPSA) is 65.1 Å². The molecule has 0 unspecified atom stereocenters. The molecule has 0 spiro atoms. The van der Waals surface area contributed by atoms with Gasteiger partial charge in [-0.1, -0.05) is 24.3 Å². The number of nitrogens with one attached hydrogen (secondary N) is 2. The summed E-state index contributed by atoms with van der Waals surface area (Å²) in [4.78, 5) is 14.8. The lowest BCUT2D eigenvalue weighted by Gasteiger charge is -2.17. The maximum atomic E-state index is 12.0. The fraction of sp³-hybridized carbons (Fsp3) is 0.214. The van der Waals surface area contributed by atoms with Gasteiger partial charge in [-0.2, -0.15) is 0 Å². The zero-order valence-corrected chi connectivity index (χ0v) is 9.76. The molecule has 2 atom stereocenters. The molecule has 1 aliphatic carbocycles. The first-order valence-electron chi connectivity index (χ1n) is 5.96. The second-order valence-electron chi connectivity index (χ2n) is 4.51. The van der Waals surface area contributed by atoms with Gasteiger partial charge in [-0.15, -0.1) is 0 Å². The molecule has 4 nitrogen and oxygen atoms in total. The van der Waals surface area contributed by atoms with E-state index >= 15 is 0 Å². The number of fused-ring (bicyclic) bond motifs is 1. The average molecular weight is 242 g/mol. The molecule has 2 aromatic rings. The third-order valence-corrected chi connectivity index (χ3v) is 3.33. The molecule has 0 bridgehead atoms. The zero-order chi connectivity index (χ0) is 12.5. The van der Waals surface area contributed by atoms with Crippen LogP contribution < -0.4 is 5.32 Å². The molecule has 1 aliphatic rings. The number of H-pyrrole nitrogens is 1. The van der Waals surface area contributed by atoms with Gasteiger partial charge in [0, 0.05) is 12.6 Å². The monoisotopic (exact) mass is 242 g/mol. The number of amides is 1. The van der Waals surface area contributed by atoms with Gasteiger partial charge in [0.2, 0.25) is 0 Å². The highest BCUT2D eigenvalue weighted by Crippen LogP contribution is 2.31. The molecule has 18 heavy (non-hydrogen) atoms. The van der Waals surface area contributed by atoms with E-state index in [2.05, 4.69) is 10.3 Å². The predicted octanol–water partition coefficient (Wildman–Crippen LogP) is 1.40. The molecule has 0 fully saturated rings. The molecule has 3 rings (SSSR count). The molecule has 0 saturated carbocycles. The molecular formula is C14H14N2O2. The molecule has 0 aliphatic heterocycles. The minimum absolute atomic E-state index is 0.194. The largest absolute Gasteiger partial charge is 0.390 e. The van der Waals surface area contributed by atoms with E-state index in [9.17, 15) is 9.90 Å². The number of carbonyl (C=O) groups excluding carboxylic acids is 1. The Kier molecular flexibility index (Phi) is 2.64. The molecule has 0 saturated heterocycles. The van der Waals surface area contributed by atoms with Crippen LogP contribution in [0.2, 0.25) is 0 Å². The van der Waals surface area contributed by atoms with E-state index in [-0.39, 0.29) is 11.9 Å². The van der Waals surface area contributed by atoms with Crippen molar-refractivity contribution in [1.82, 2.24) is 10.3 Å². The van der Waals surface area contributed by atoms with Crippen molar-refractivity contribution >= 4 is 5.91 Å². The predicted molar refractivity (Wildman–Crippen MR) is 67.2 cm³/mol. The third kappa shape index (κ3) is 1.80. The standard InChI is InChI=1S/C14H14N2O2/c17-12-8-9-4-1-2-5-10(9)13(12)16-14(18)11-6-3-7-15-11/h1-7,12-13,15,17H,8H2,(H,16,18)/t12-,13+/m1/s1. The van der Waals surface area contributed by atoms with E-state index in [1.54, 1.807) is 18.3 Å². The van der Waals surface area contributed by atoms with Gasteiger partial charge >= 0.3 is 0 Å². The third-order valence-electron chi connectivity index (χ3n) is 3.33. The van der Waals surface area contributed by atoms with Crippen LogP contribution in [0.25, 0.3) is 0 Å². The Bertz CT molecular complexity index is 563. The number of hydrogen-bond acceptors (Lipinski definition) is 2. The molecule has 3 N–H and O–H groups in total. The summed E-state index contributed by atoms with van der Waals surface area (Å²) in [5.74, 6) is -0.194. The van der Waals surface area contributed by atoms with Crippen LogP contribution in [0.4, 0.5) is 0 Å². The second kappa shape index (κ2) is 4.31. The molecule has 1 heterocycles. The number of aromatic nitrogens is 1. The van der Waals surface area contributed by atoms with Crippen molar-refractivity contribution < 1.29 is 9.90 Å². The summed E-state index contributed by atoms with van der Waals surface area (Å²) in [7, 11) is 0. The number of aliphatic hydroxyl groups excluding tert-OH is 1. The summed E-state index contributed by atoms with van der Waals surface area (Å²) in [6.45, 7) is 0. The lowest BCUT2D eigenvalue weighted by Crippen LogP contribution is -2.34. The number of hydrogen-bond donors (Lipinski definition) is 3. The zero-order valence-electron chi connectivity index (χ0n) is 9.76. The lowest BCUT2D eigenvalue weighted by atomic mass is 10.1. The first-order valence-corrected chi connectivity index (χ1v) is 5.96. The first-order chi connectivity index (χ1) is 8.75. The van der Waals surface area contributed by atoms with Gasteiger partial charge in [0.1, 0.15) is 5.69 Å². The summed E-state index contributed by atoms with van der Waals surface area (Å²) in [5.41, 5.74) is 2.61. The van der Waals surface area contributed by atoms with Gasteiger partial charge < -0.3 is 15.4 Å². The number of aromatic amines is 1. The molecule has 1 amide bonds. The van der Waals surface area contributed by atoms with Crippen LogP contribution in [-0.4, -0.2) is 22.1 Å². The van der Waals surface area contributed by atoms with Gasteiger partial charge in [-0.25, -0.2) is 0 Å². The Hall–Kier alpha value is -2.07. The Morgan fingerprint density at radius 3 is 2.89 bits per heavy atom. The van der Waals surface area contributed by atoms with Crippen molar-refractivity contribution in [2.75, 3.05) is 0 Å². The number of carbonyl (C=O) groups is 1. The molecule has 92 valence electrons. The van der Waals surface area contributed by atoms with E-state index in [1.807, 2.05) is 24.3 Å². The minimum Gasteiger partial charge on any atom is -0.390 e. The van der Waals surface area contributed by atoms with E-state index in [1.165, 1.54) is 0 Å². The molecule has 1 aromatic carbocycles. The lowest BCUT2D eigenvalue weighted by molar-refractivity contribution is 0.0854. The number of rotatable bonds is 2. The summed E-state index contributed by atoms with van der Waals surface area (Å²) < 4.78 is 0. The molecule has 0 radical (unpaired) electrons. The van der Waals surface area contributed by atoms with Crippen molar-refractivity contribution in [3.05, 3.63) is 59.4 Å². The van der Waals surface area contributed by atoms with Crippen molar-refractivity contribution in [2.24, 2.45) is 0 Å². The van der Waals surface area contributed by atoms with Crippen molar-refractivity contribution in [2.45, 2.75) is 18.6 Å². The fourth-order valence-corrected chi connectivity index (χ4v) is 2.44. The van der Waals surface area contributed by atoms with Crippen molar-refractivity contribution in [3.8, 4) is 0 Å². The van der Waals surface area contributed by atoms with Crippen LogP contribution in [0.3, 0.4) is 0 Å². The smallest absolute Gasteiger partial charge is 0.268 e. The van der Waals surface area contributed by atoms with Gasteiger partial charge in [-0.05, 0) is 23.3 Å². The van der Waals surface area contributed by atoms with E-state index in [4.69, 9.17) is 0 Å². The quantitative estimate of drug-likeness (QED) is 0.745. The summed E-state index contributed by atoms with van der Waals surface area (Å²) in [5, 5.41) is 12.9. The Labute approximate surface area is 105 Å². The summed E-state index contributed by atoms with van der Waals surface area (Å²) in [6, 6.07) is 11.0. The Morgan fingerprint density at radius 1 is 1.28 bits per heavy atom. The van der Waals surface area contributed by atoms with E-state index < -0.39 is 6.10 Å². The Morgan fingerprint density at radius 2 is 2.11 bits per heavy atom. The Balaban J connectivity index is 1.83. The van der Waals surface area contributed by atoms with Gasteiger partial charge in [0.15, 0.2) is 0 Å². The maximum Gasteiger partial charge on any atom is 0.268 e. The molecular weight excluding hydrogens is 228 g/mol. The summed E-state index contributed by atoms with van der Waals surface area (Å²) >= 11 is 0. The van der Waals surface area contributed by atoms with Crippen molar-refractivity contribution in [1.29, 1.82) is 0 Å². The minimum atomic E-state index is -0.554. The van der Waals surface area contributed by atoms with E-state index in [0.29, 0.717) is 12.1 Å². The van der Waals surface area contributed by atoms with Crippen molar-refractivity contribution in [3.63, 3.8) is 0 Å².